The normalized spacial score (nSPS) is 42.5. The summed E-state index contributed by atoms with van der Waals surface area (Å²) in [5, 5.41) is 9.92. The molecule has 2 aliphatic rings. The SMILES string of the molecule is [2H]C[C@@]12C[C@@H]1[C@@H](n1cc(C)c(=O)[nH]c1=O)[C@@H](F)[C@@H]2O. The van der Waals surface area contributed by atoms with Crippen molar-refractivity contribution >= 4 is 0 Å². The number of alkyl halides is 1. The van der Waals surface area contributed by atoms with Crippen LogP contribution in [0.3, 0.4) is 0 Å². The van der Waals surface area contributed by atoms with Crippen molar-refractivity contribution < 1.29 is 10.9 Å². The summed E-state index contributed by atoms with van der Waals surface area (Å²) < 4.78 is 22.8. The molecule has 2 fully saturated rings. The van der Waals surface area contributed by atoms with E-state index in [2.05, 4.69) is 4.98 Å². The van der Waals surface area contributed by atoms with Crippen LogP contribution in [0.5, 0.6) is 0 Å². The van der Waals surface area contributed by atoms with Crippen LogP contribution in [0.2, 0.25) is 0 Å². The van der Waals surface area contributed by atoms with E-state index in [1.807, 2.05) is 0 Å². The van der Waals surface area contributed by atoms with Crippen LogP contribution in [0.1, 0.15) is 26.3 Å². The number of aryl methyl sites for hydroxylation is 1. The molecule has 0 spiro atoms. The number of hydrogen-bond donors (Lipinski definition) is 2. The minimum atomic E-state index is -1.58. The first-order valence-corrected chi connectivity index (χ1v) is 5.86. The Labute approximate surface area is 104 Å². The first kappa shape index (κ1) is 10.5. The van der Waals surface area contributed by atoms with E-state index in [9.17, 15) is 19.1 Å². The molecule has 2 N–H and O–H groups in total. The lowest BCUT2D eigenvalue weighted by molar-refractivity contribution is 0.0356. The van der Waals surface area contributed by atoms with E-state index in [1.54, 1.807) is 0 Å². The van der Waals surface area contributed by atoms with Crippen LogP contribution >= 0.6 is 0 Å². The van der Waals surface area contributed by atoms with Crippen LogP contribution in [-0.2, 0) is 0 Å². The van der Waals surface area contributed by atoms with E-state index in [1.165, 1.54) is 17.7 Å². The summed E-state index contributed by atoms with van der Waals surface area (Å²) in [6, 6.07) is -0.789. The third kappa shape index (κ3) is 1.29. The van der Waals surface area contributed by atoms with Gasteiger partial charge >= 0.3 is 5.69 Å². The number of aliphatic hydroxyl groups excluding tert-OH is 1. The van der Waals surface area contributed by atoms with E-state index in [0.29, 0.717) is 12.0 Å². The number of aromatic amines is 1. The molecule has 0 aromatic carbocycles. The van der Waals surface area contributed by atoms with Gasteiger partial charge in [0.25, 0.3) is 5.56 Å². The monoisotopic (exact) mass is 255 g/mol. The number of nitrogens with zero attached hydrogens (tertiary/aromatic N) is 1. The highest BCUT2D eigenvalue weighted by molar-refractivity contribution is 5.19. The smallest absolute Gasteiger partial charge is 0.328 e. The average Bonchev–Trinajstić information content (AvgIpc) is 3.05. The van der Waals surface area contributed by atoms with Crippen LogP contribution in [0.4, 0.5) is 4.39 Å². The Morgan fingerprint density at radius 2 is 2.39 bits per heavy atom. The minimum absolute atomic E-state index is 0.0488. The average molecular weight is 255 g/mol. The number of halogens is 1. The Bertz CT molecular complexity index is 643. The predicted octanol–water partition coefficient (Wildman–Crippen LogP) is 0.125. The molecule has 1 aromatic rings. The molecular weight excluding hydrogens is 239 g/mol. The van der Waals surface area contributed by atoms with Gasteiger partial charge in [-0.05, 0) is 19.3 Å². The first-order valence-electron chi connectivity index (χ1n) is 6.56. The second-order valence-corrected chi connectivity index (χ2v) is 5.40. The summed E-state index contributed by atoms with van der Waals surface area (Å²) in [6.07, 6.45) is -0.900. The van der Waals surface area contributed by atoms with E-state index < -0.39 is 35.0 Å². The van der Waals surface area contributed by atoms with Crippen LogP contribution in [0.25, 0.3) is 0 Å². The molecule has 3 rings (SSSR count). The zero-order valence-corrected chi connectivity index (χ0v) is 9.89. The van der Waals surface area contributed by atoms with E-state index in [4.69, 9.17) is 1.37 Å². The Morgan fingerprint density at radius 1 is 1.67 bits per heavy atom. The van der Waals surface area contributed by atoms with Crippen LogP contribution in [0, 0.1) is 18.3 Å². The number of aliphatic hydroxyl groups is 1. The van der Waals surface area contributed by atoms with Crippen molar-refractivity contribution in [3.8, 4) is 0 Å². The molecule has 0 unspecified atom stereocenters. The Hall–Kier alpha value is -1.43. The van der Waals surface area contributed by atoms with Crippen LogP contribution < -0.4 is 11.2 Å². The van der Waals surface area contributed by atoms with Crippen molar-refractivity contribution in [1.29, 1.82) is 0 Å². The molecule has 2 aliphatic carbocycles. The van der Waals surface area contributed by atoms with Crippen molar-refractivity contribution in [2.24, 2.45) is 11.3 Å². The number of aromatic nitrogens is 2. The molecule has 2 saturated carbocycles. The van der Waals surface area contributed by atoms with Gasteiger partial charge in [-0.1, -0.05) is 6.90 Å². The summed E-state index contributed by atoms with van der Waals surface area (Å²) >= 11 is 0. The van der Waals surface area contributed by atoms with Gasteiger partial charge in [-0.2, -0.15) is 0 Å². The quantitative estimate of drug-likeness (QED) is 0.748. The maximum atomic E-state index is 14.2. The number of hydrogen-bond acceptors (Lipinski definition) is 3. The van der Waals surface area contributed by atoms with Crippen molar-refractivity contribution in [2.45, 2.75) is 38.6 Å². The number of nitrogens with one attached hydrogen (secondary N) is 1. The largest absolute Gasteiger partial charge is 0.389 e. The standard InChI is InChI=1S/C12H15FN2O3/c1-5-4-15(11(18)14-10(5)17)8-6-3-12(6,2)9(16)7(8)13/h4,6-9,16H,3H2,1-2H3,(H,14,17,18)/t6-,7-,8-,9+,12-/m1/s1/i2D. The molecule has 1 heterocycles. The summed E-state index contributed by atoms with van der Waals surface area (Å²) in [5.74, 6) is -0.210. The maximum absolute atomic E-state index is 14.2. The van der Waals surface area contributed by atoms with Gasteiger partial charge in [0.15, 0.2) is 0 Å². The van der Waals surface area contributed by atoms with Crippen LogP contribution in [-0.4, -0.2) is 26.9 Å². The van der Waals surface area contributed by atoms with Crippen molar-refractivity contribution in [1.82, 2.24) is 9.55 Å². The Kier molecular flexibility index (Phi) is 1.93. The van der Waals surface area contributed by atoms with Crippen LogP contribution in [0.15, 0.2) is 15.8 Å². The Morgan fingerprint density at radius 3 is 3.00 bits per heavy atom. The fourth-order valence-electron chi connectivity index (χ4n) is 3.03. The van der Waals surface area contributed by atoms with Gasteiger partial charge in [-0.15, -0.1) is 0 Å². The maximum Gasteiger partial charge on any atom is 0.328 e. The van der Waals surface area contributed by atoms with Gasteiger partial charge in [0.1, 0.15) is 6.17 Å². The predicted molar refractivity (Wildman–Crippen MR) is 62.2 cm³/mol. The number of H-pyrrole nitrogens is 1. The molecule has 18 heavy (non-hydrogen) atoms. The molecule has 5 nitrogen and oxygen atoms in total. The molecule has 1 aromatic heterocycles. The van der Waals surface area contributed by atoms with E-state index in [-0.39, 0.29) is 12.8 Å². The van der Waals surface area contributed by atoms with Gasteiger partial charge < -0.3 is 5.11 Å². The highest BCUT2D eigenvalue weighted by atomic mass is 19.1. The highest BCUT2D eigenvalue weighted by Gasteiger charge is 2.69. The molecule has 0 amide bonds. The number of fused-ring (bicyclic) bond motifs is 1. The second kappa shape index (κ2) is 3.32. The summed E-state index contributed by atoms with van der Waals surface area (Å²) in [5.41, 5.74) is -1.54. The van der Waals surface area contributed by atoms with E-state index in [0.717, 1.165) is 0 Å². The molecule has 0 radical (unpaired) electrons. The van der Waals surface area contributed by atoms with Crippen molar-refractivity contribution in [2.75, 3.05) is 0 Å². The lowest BCUT2D eigenvalue weighted by Crippen LogP contribution is -2.38. The number of rotatable bonds is 1. The summed E-state index contributed by atoms with van der Waals surface area (Å²) in [4.78, 5) is 25.3. The molecular formula is C12H15FN2O3. The van der Waals surface area contributed by atoms with Gasteiger partial charge in [0.05, 0.1) is 12.1 Å². The van der Waals surface area contributed by atoms with Gasteiger partial charge in [0, 0.05) is 18.5 Å². The zero-order valence-electron chi connectivity index (χ0n) is 10.9. The van der Waals surface area contributed by atoms with Gasteiger partial charge in [-0.3, -0.25) is 14.3 Å². The fraction of sp³-hybridized carbons (Fsp3) is 0.667. The third-order valence-corrected chi connectivity index (χ3v) is 4.27. The zero-order chi connectivity index (χ0) is 13.9. The second-order valence-electron chi connectivity index (χ2n) is 5.40. The molecule has 6 heteroatoms. The molecule has 5 atom stereocenters. The highest BCUT2D eigenvalue weighted by Crippen LogP contribution is 2.67. The third-order valence-electron chi connectivity index (χ3n) is 4.27. The van der Waals surface area contributed by atoms with E-state index >= 15 is 0 Å². The summed E-state index contributed by atoms with van der Waals surface area (Å²) in [6.45, 7) is 1.49. The fourth-order valence-corrected chi connectivity index (χ4v) is 3.03. The van der Waals surface area contributed by atoms with Crippen molar-refractivity contribution in [3.05, 3.63) is 32.6 Å². The molecule has 0 saturated heterocycles. The molecule has 0 aliphatic heterocycles. The van der Waals surface area contributed by atoms with Crippen molar-refractivity contribution in [3.63, 3.8) is 0 Å². The van der Waals surface area contributed by atoms with Gasteiger partial charge in [0.2, 0.25) is 0 Å². The van der Waals surface area contributed by atoms with Gasteiger partial charge in [-0.25, -0.2) is 9.18 Å². The summed E-state index contributed by atoms with van der Waals surface area (Å²) in [7, 11) is 0. The Balaban J connectivity index is 2.07. The molecule has 0 bridgehead atoms. The lowest BCUT2D eigenvalue weighted by Gasteiger charge is -2.21. The molecule has 98 valence electrons. The topological polar surface area (TPSA) is 75.1 Å². The minimum Gasteiger partial charge on any atom is -0.389 e. The first-order chi connectivity index (χ1) is 8.92. The lowest BCUT2D eigenvalue weighted by atomic mass is 10.0.